The summed E-state index contributed by atoms with van der Waals surface area (Å²) in [6.45, 7) is 18.5. The Morgan fingerprint density at radius 1 is 1.02 bits per heavy atom. The zero-order chi connectivity index (χ0) is 32.3. The molecule has 1 rings (SSSR count). The van der Waals surface area contributed by atoms with Crippen LogP contribution in [0.25, 0.3) is 0 Å². The van der Waals surface area contributed by atoms with Gasteiger partial charge in [0.05, 0.1) is 30.3 Å². The van der Waals surface area contributed by atoms with Gasteiger partial charge in [-0.2, -0.15) is 0 Å². The number of hydrogen-bond donors (Lipinski definition) is 5. The first-order valence-corrected chi connectivity index (χ1v) is 15.0. The Balaban J connectivity index is 2.76. The van der Waals surface area contributed by atoms with Crippen LogP contribution in [0.5, 0.6) is 0 Å². The lowest BCUT2D eigenvalue weighted by Crippen LogP contribution is -2.47. The minimum atomic E-state index is -0.894. The summed E-state index contributed by atoms with van der Waals surface area (Å²) in [5, 5.41) is 42.8. The molecule has 2 unspecified atom stereocenters. The fourth-order valence-electron chi connectivity index (χ4n) is 5.80. The van der Waals surface area contributed by atoms with Crippen molar-refractivity contribution >= 4 is 12.1 Å². The molecule has 1 saturated heterocycles. The van der Waals surface area contributed by atoms with Gasteiger partial charge in [-0.05, 0) is 26.2 Å². The van der Waals surface area contributed by atoms with Crippen molar-refractivity contribution in [1.82, 2.24) is 0 Å². The topological polar surface area (TPSA) is 160 Å². The van der Waals surface area contributed by atoms with E-state index in [4.69, 9.17) is 15.2 Å². The van der Waals surface area contributed by atoms with Gasteiger partial charge >= 0.3 is 12.1 Å². The lowest BCUT2D eigenvalue weighted by atomic mass is 9.81. The number of rotatable bonds is 16. The summed E-state index contributed by atoms with van der Waals surface area (Å²) in [6, 6.07) is 0. The van der Waals surface area contributed by atoms with Crippen LogP contribution in [-0.4, -0.2) is 69.1 Å². The van der Waals surface area contributed by atoms with Gasteiger partial charge in [0.1, 0.15) is 12.2 Å². The molecule has 1 aliphatic rings. The fraction of sp³-hybridized carbons (Fsp3) is 0.697. The number of ether oxygens (including phenoxy) is 2. The summed E-state index contributed by atoms with van der Waals surface area (Å²) >= 11 is 0. The van der Waals surface area contributed by atoms with E-state index < -0.39 is 54.6 Å². The summed E-state index contributed by atoms with van der Waals surface area (Å²) in [4.78, 5) is 23.5. The second kappa shape index (κ2) is 17.6. The number of carbonyl (C=O) groups is 2. The van der Waals surface area contributed by atoms with Gasteiger partial charge in [-0.25, -0.2) is 4.79 Å². The first kappa shape index (κ1) is 37.6. The Labute approximate surface area is 252 Å². The number of aliphatic hydroxyl groups is 4. The van der Waals surface area contributed by atoms with Crippen LogP contribution < -0.4 is 5.73 Å². The van der Waals surface area contributed by atoms with Crippen LogP contribution in [0.4, 0.5) is 4.79 Å². The molecule has 0 aliphatic carbocycles. The monoisotopic (exact) mass is 593 g/mol. The number of hydrogen-bond acceptors (Lipinski definition) is 8. The van der Waals surface area contributed by atoms with Gasteiger partial charge in [0, 0.05) is 36.0 Å². The number of aliphatic hydroxyl groups excluding tert-OH is 4. The highest BCUT2D eigenvalue weighted by molar-refractivity contribution is 5.73. The summed E-state index contributed by atoms with van der Waals surface area (Å²) < 4.78 is 10.8. The molecular weight excluding hydrogens is 538 g/mol. The number of amides is 1. The molecule has 9 nitrogen and oxygen atoms in total. The average molecular weight is 594 g/mol. The molecule has 0 spiro atoms. The van der Waals surface area contributed by atoms with E-state index in [1.165, 1.54) is 0 Å². The predicted molar refractivity (Wildman–Crippen MR) is 164 cm³/mol. The normalized spacial score (nSPS) is 28.3. The van der Waals surface area contributed by atoms with Gasteiger partial charge in [-0.1, -0.05) is 90.2 Å². The van der Waals surface area contributed by atoms with Crippen molar-refractivity contribution in [2.24, 2.45) is 47.2 Å². The molecule has 0 aromatic rings. The van der Waals surface area contributed by atoms with Crippen LogP contribution in [0.3, 0.4) is 0 Å². The number of cyclic esters (lactones) is 1. The molecular formula is C33H55NO8. The van der Waals surface area contributed by atoms with Crippen LogP contribution in [0.2, 0.25) is 0 Å². The summed E-state index contributed by atoms with van der Waals surface area (Å²) in [7, 11) is 0. The second-order valence-corrected chi connectivity index (χ2v) is 12.4. The number of primary amides is 1. The average Bonchev–Trinajstić information content (AvgIpc) is 2.93. The Bertz CT molecular complexity index is 962. The Morgan fingerprint density at radius 3 is 2.21 bits per heavy atom. The van der Waals surface area contributed by atoms with E-state index in [9.17, 15) is 30.0 Å². The molecule has 1 fully saturated rings. The Morgan fingerprint density at radius 2 is 1.64 bits per heavy atom. The predicted octanol–water partition coefficient (Wildman–Crippen LogP) is 4.30. The summed E-state index contributed by atoms with van der Waals surface area (Å²) in [5.41, 5.74) is 6.30. The van der Waals surface area contributed by atoms with Gasteiger partial charge in [0.15, 0.2) is 0 Å². The molecule has 13 atom stereocenters. The van der Waals surface area contributed by atoms with Crippen molar-refractivity contribution in [3.8, 4) is 0 Å². The van der Waals surface area contributed by atoms with Gasteiger partial charge < -0.3 is 35.6 Å². The van der Waals surface area contributed by atoms with Crippen LogP contribution >= 0.6 is 0 Å². The standard InChI is InChI=1S/C33H55NO8/c1-10-11-12-20(4)31(42-33(34)40)24(8)29(37)22(6)16-18(2)15-21(5)28(36)19(3)13-14-26(35)17-27-23(7)30(38)25(9)32(39)41-27/h10-15,19-31,35-38H,1,16-17H2,2-9H3,(H2,34,40)/b12-11-,14-13-,18-15-/t19?,20?,21-,22-,23-,24-,25+,26+,27-,28-,29+,30-,31-/m0/s1. The molecule has 1 heterocycles. The third-order valence-corrected chi connectivity index (χ3v) is 8.62. The van der Waals surface area contributed by atoms with Gasteiger partial charge in [0.2, 0.25) is 0 Å². The van der Waals surface area contributed by atoms with E-state index >= 15 is 0 Å². The molecule has 0 aromatic carbocycles. The number of allylic oxidation sites excluding steroid dienone is 3. The highest BCUT2D eigenvalue weighted by Crippen LogP contribution is 2.30. The number of nitrogens with two attached hydrogens (primary N) is 1. The molecule has 0 bridgehead atoms. The maximum Gasteiger partial charge on any atom is 0.404 e. The minimum Gasteiger partial charge on any atom is -0.462 e. The maximum atomic E-state index is 12.0. The largest absolute Gasteiger partial charge is 0.462 e. The molecule has 1 aliphatic heterocycles. The van der Waals surface area contributed by atoms with Crippen LogP contribution in [0, 0.1) is 41.4 Å². The lowest BCUT2D eigenvalue weighted by Gasteiger charge is -2.36. The van der Waals surface area contributed by atoms with Crippen LogP contribution in [0.15, 0.2) is 48.6 Å². The van der Waals surface area contributed by atoms with E-state index in [1.807, 2.05) is 53.7 Å². The van der Waals surface area contributed by atoms with Crippen molar-refractivity contribution in [3.63, 3.8) is 0 Å². The molecule has 9 heteroatoms. The second-order valence-electron chi connectivity index (χ2n) is 12.4. The Kier molecular flexibility index (Phi) is 15.7. The molecule has 0 saturated carbocycles. The van der Waals surface area contributed by atoms with Crippen molar-refractivity contribution in [3.05, 3.63) is 48.6 Å². The highest BCUT2D eigenvalue weighted by atomic mass is 16.6. The molecule has 42 heavy (non-hydrogen) atoms. The molecule has 0 radical (unpaired) electrons. The lowest BCUT2D eigenvalue weighted by molar-refractivity contribution is -0.179. The zero-order valence-corrected chi connectivity index (χ0v) is 26.6. The molecule has 6 N–H and O–H groups in total. The van der Waals surface area contributed by atoms with E-state index in [0.717, 1.165) is 5.57 Å². The summed E-state index contributed by atoms with van der Waals surface area (Å²) in [6.07, 6.45) is 6.04. The van der Waals surface area contributed by atoms with Crippen molar-refractivity contribution in [2.45, 2.75) is 105 Å². The third-order valence-electron chi connectivity index (χ3n) is 8.62. The van der Waals surface area contributed by atoms with Gasteiger partial charge in [0.25, 0.3) is 0 Å². The van der Waals surface area contributed by atoms with Gasteiger partial charge in [-0.3, -0.25) is 4.79 Å². The quantitative estimate of drug-likeness (QED) is 0.101. The Hall–Kier alpha value is -2.46. The summed E-state index contributed by atoms with van der Waals surface area (Å²) in [5.74, 6) is -2.52. The smallest absolute Gasteiger partial charge is 0.404 e. The first-order valence-electron chi connectivity index (χ1n) is 15.0. The van der Waals surface area contributed by atoms with Crippen LogP contribution in [-0.2, 0) is 14.3 Å². The van der Waals surface area contributed by atoms with E-state index in [1.54, 1.807) is 38.2 Å². The fourth-order valence-corrected chi connectivity index (χ4v) is 5.80. The molecule has 0 aromatic heterocycles. The maximum absolute atomic E-state index is 12.0. The number of carbonyl (C=O) groups excluding carboxylic acids is 2. The van der Waals surface area contributed by atoms with E-state index in [-0.39, 0.29) is 41.9 Å². The third kappa shape index (κ3) is 11.3. The molecule has 240 valence electrons. The van der Waals surface area contributed by atoms with Crippen molar-refractivity contribution in [1.29, 1.82) is 0 Å². The van der Waals surface area contributed by atoms with E-state index in [2.05, 4.69) is 6.58 Å². The number of esters is 1. The molecule has 1 amide bonds. The highest BCUT2D eigenvalue weighted by Gasteiger charge is 2.41. The van der Waals surface area contributed by atoms with Crippen molar-refractivity contribution in [2.75, 3.05) is 0 Å². The zero-order valence-electron chi connectivity index (χ0n) is 26.6. The van der Waals surface area contributed by atoms with Crippen LogP contribution in [0.1, 0.15) is 68.2 Å². The van der Waals surface area contributed by atoms with Gasteiger partial charge in [-0.15, -0.1) is 0 Å². The van der Waals surface area contributed by atoms with E-state index in [0.29, 0.717) is 6.42 Å². The van der Waals surface area contributed by atoms with Crippen molar-refractivity contribution < 1.29 is 39.5 Å². The minimum absolute atomic E-state index is 0.152. The SMILES string of the molecule is C=C/C=C\C(C)[C@H](OC(N)=O)[C@@H](C)[C@H](O)[C@@H](C)C/C(C)=C\[C@H](C)[C@@H](O)C(C)/C=C\[C@@H](O)C[C@@H]1OC(=O)[C@H](C)[C@@H](O)[C@H]1C. The first-order chi connectivity index (χ1) is 19.5.